The molecule has 7 heteroatoms. The van der Waals surface area contributed by atoms with Crippen LogP contribution in [-0.2, 0) is 17.8 Å². The van der Waals surface area contributed by atoms with Gasteiger partial charge in [0.2, 0.25) is 0 Å². The first kappa shape index (κ1) is 24.4. The first-order valence-corrected chi connectivity index (χ1v) is 11.2. The van der Waals surface area contributed by atoms with Crippen molar-refractivity contribution in [2.75, 3.05) is 13.7 Å². The second-order valence-electron chi connectivity index (χ2n) is 9.59. The van der Waals surface area contributed by atoms with Crippen molar-refractivity contribution < 1.29 is 28.9 Å². The molecule has 1 N–H and O–H groups in total. The summed E-state index contributed by atoms with van der Waals surface area (Å²) in [5, 5.41) is 9.26. The van der Waals surface area contributed by atoms with Crippen molar-refractivity contribution in [3.8, 4) is 11.5 Å². The molecule has 178 valence electrons. The Kier molecular flexibility index (Phi) is 7.20. The third kappa shape index (κ3) is 5.78. The van der Waals surface area contributed by atoms with Crippen LogP contribution in [0.1, 0.15) is 67.7 Å². The number of fused-ring (bicyclic) bond motifs is 1. The van der Waals surface area contributed by atoms with E-state index in [0.29, 0.717) is 30.0 Å². The van der Waals surface area contributed by atoms with Gasteiger partial charge in [-0.15, -0.1) is 0 Å². The number of nitrogens with zero attached hydrogens (tertiary/aromatic N) is 1. The lowest BCUT2D eigenvalue weighted by molar-refractivity contribution is 0.00875. The molecule has 0 fully saturated rings. The minimum absolute atomic E-state index is 0.0787. The average molecular weight is 456 g/mol. The number of carbonyl (C=O) groups is 2. The van der Waals surface area contributed by atoms with Crippen LogP contribution in [0.4, 0.5) is 4.79 Å². The number of carboxylic acids is 1. The van der Waals surface area contributed by atoms with E-state index in [4.69, 9.17) is 14.2 Å². The fourth-order valence-electron chi connectivity index (χ4n) is 4.15. The van der Waals surface area contributed by atoms with Crippen molar-refractivity contribution in [3.63, 3.8) is 0 Å². The van der Waals surface area contributed by atoms with E-state index in [-0.39, 0.29) is 30.2 Å². The minimum atomic E-state index is -0.998. The number of methoxy groups -OCH3 is 1. The molecule has 0 radical (unpaired) electrons. The molecule has 1 heterocycles. The van der Waals surface area contributed by atoms with E-state index in [9.17, 15) is 14.7 Å². The molecule has 1 amide bonds. The first-order chi connectivity index (χ1) is 15.5. The summed E-state index contributed by atoms with van der Waals surface area (Å²) < 4.78 is 17.0. The third-order valence-corrected chi connectivity index (χ3v) is 5.57. The molecule has 1 atom stereocenters. The van der Waals surface area contributed by atoms with Crippen molar-refractivity contribution >= 4 is 12.1 Å². The number of benzene rings is 2. The highest BCUT2D eigenvalue weighted by molar-refractivity contribution is 5.88. The highest BCUT2D eigenvalue weighted by Crippen LogP contribution is 2.38. The Labute approximate surface area is 195 Å². The molecular formula is C26H33NO6. The molecule has 2 aromatic rings. The van der Waals surface area contributed by atoms with Crippen molar-refractivity contribution in [2.24, 2.45) is 5.92 Å². The van der Waals surface area contributed by atoms with E-state index in [1.54, 1.807) is 19.2 Å². The normalized spacial score (nSPS) is 15.7. The summed E-state index contributed by atoms with van der Waals surface area (Å²) in [6.45, 7) is 10.6. The zero-order valence-electron chi connectivity index (χ0n) is 20.2. The van der Waals surface area contributed by atoms with E-state index in [2.05, 4.69) is 13.8 Å². The Hall–Kier alpha value is -3.22. The van der Waals surface area contributed by atoms with E-state index < -0.39 is 11.6 Å². The Balaban J connectivity index is 1.81. The average Bonchev–Trinajstić information content (AvgIpc) is 2.74. The SMILES string of the molecule is COc1ccc(C(=O)O)cc1COc1ccc2c(c1)CCN(C(=O)OC(C)(C)C)C2C(C)C. The second-order valence-corrected chi connectivity index (χ2v) is 9.59. The molecule has 1 aliphatic rings. The van der Waals surface area contributed by atoms with Crippen molar-refractivity contribution in [2.45, 2.75) is 59.3 Å². The van der Waals surface area contributed by atoms with Crippen LogP contribution in [0.25, 0.3) is 0 Å². The molecule has 1 unspecified atom stereocenters. The second kappa shape index (κ2) is 9.73. The van der Waals surface area contributed by atoms with Gasteiger partial charge in [0.15, 0.2) is 0 Å². The highest BCUT2D eigenvalue weighted by atomic mass is 16.6. The van der Waals surface area contributed by atoms with E-state index in [0.717, 1.165) is 11.1 Å². The molecule has 0 bridgehead atoms. The maximum absolute atomic E-state index is 12.8. The van der Waals surface area contributed by atoms with Gasteiger partial charge in [0.05, 0.1) is 18.7 Å². The largest absolute Gasteiger partial charge is 0.496 e. The number of carbonyl (C=O) groups excluding carboxylic acids is 1. The van der Waals surface area contributed by atoms with Gasteiger partial charge in [-0.2, -0.15) is 0 Å². The van der Waals surface area contributed by atoms with Gasteiger partial charge >= 0.3 is 12.1 Å². The molecule has 3 rings (SSSR count). The molecule has 7 nitrogen and oxygen atoms in total. The standard InChI is InChI=1S/C26H33NO6/c1-16(2)23-21-9-8-20(14-17(21)11-12-27(23)25(30)33-26(3,4)5)32-15-19-13-18(24(28)29)7-10-22(19)31-6/h7-10,13-14,16,23H,11-12,15H2,1-6H3,(H,28,29). The van der Waals surface area contributed by atoms with Crippen LogP contribution in [0.15, 0.2) is 36.4 Å². The van der Waals surface area contributed by atoms with Gasteiger partial charge in [-0.25, -0.2) is 9.59 Å². The molecule has 0 spiro atoms. The zero-order chi connectivity index (χ0) is 24.3. The first-order valence-electron chi connectivity index (χ1n) is 11.2. The zero-order valence-corrected chi connectivity index (χ0v) is 20.2. The topological polar surface area (TPSA) is 85.3 Å². The van der Waals surface area contributed by atoms with Gasteiger partial charge in [0.1, 0.15) is 23.7 Å². The summed E-state index contributed by atoms with van der Waals surface area (Å²) >= 11 is 0. The van der Waals surface area contributed by atoms with Crippen LogP contribution >= 0.6 is 0 Å². The van der Waals surface area contributed by atoms with Gasteiger partial charge < -0.3 is 24.2 Å². The van der Waals surface area contributed by atoms with Gasteiger partial charge in [0.25, 0.3) is 0 Å². The van der Waals surface area contributed by atoms with Crippen molar-refractivity contribution in [1.29, 1.82) is 0 Å². The number of amides is 1. The van der Waals surface area contributed by atoms with E-state index >= 15 is 0 Å². The fourth-order valence-corrected chi connectivity index (χ4v) is 4.15. The number of hydrogen-bond acceptors (Lipinski definition) is 5. The fraction of sp³-hybridized carbons (Fsp3) is 0.462. The molecule has 0 aliphatic carbocycles. The lowest BCUT2D eigenvalue weighted by atomic mass is 9.86. The van der Waals surface area contributed by atoms with Crippen LogP contribution in [0.2, 0.25) is 0 Å². The number of rotatable bonds is 6. The molecule has 0 saturated carbocycles. The maximum Gasteiger partial charge on any atom is 0.410 e. The number of ether oxygens (including phenoxy) is 3. The molecule has 0 saturated heterocycles. The Morgan fingerprint density at radius 2 is 1.88 bits per heavy atom. The summed E-state index contributed by atoms with van der Waals surface area (Å²) in [4.78, 5) is 26.0. The molecule has 2 aromatic carbocycles. The lowest BCUT2D eigenvalue weighted by Gasteiger charge is -2.40. The summed E-state index contributed by atoms with van der Waals surface area (Å²) in [7, 11) is 1.54. The van der Waals surface area contributed by atoms with Crippen molar-refractivity contribution in [1.82, 2.24) is 4.90 Å². The third-order valence-electron chi connectivity index (χ3n) is 5.57. The summed E-state index contributed by atoms with van der Waals surface area (Å²) in [5.41, 5.74) is 2.53. The van der Waals surface area contributed by atoms with Crippen molar-refractivity contribution in [3.05, 3.63) is 58.7 Å². The van der Waals surface area contributed by atoms with Gasteiger partial charge in [0, 0.05) is 12.1 Å². The van der Waals surface area contributed by atoms with Gasteiger partial charge in [-0.3, -0.25) is 0 Å². The van der Waals surface area contributed by atoms with E-state index in [1.807, 2.05) is 43.9 Å². The molecular weight excluding hydrogens is 422 g/mol. The number of hydrogen-bond donors (Lipinski definition) is 1. The smallest absolute Gasteiger partial charge is 0.410 e. The van der Waals surface area contributed by atoms with E-state index in [1.165, 1.54) is 6.07 Å². The predicted molar refractivity (Wildman–Crippen MR) is 125 cm³/mol. The predicted octanol–water partition coefficient (Wildman–Crippen LogP) is 5.46. The highest BCUT2D eigenvalue weighted by Gasteiger charge is 2.35. The Morgan fingerprint density at radius 1 is 1.15 bits per heavy atom. The van der Waals surface area contributed by atoms with Crippen LogP contribution in [0.5, 0.6) is 11.5 Å². The van der Waals surface area contributed by atoms with Crippen LogP contribution in [-0.4, -0.2) is 41.3 Å². The Morgan fingerprint density at radius 3 is 2.48 bits per heavy atom. The summed E-state index contributed by atoms with van der Waals surface area (Å²) in [6.07, 6.45) is 0.407. The number of carboxylic acid groups (broad SMARTS) is 1. The maximum atomic E-state index is 12.8. The lowest BCUT2D eigenvalue weighted by Crippen LogP contribution is -2.44. The Bertz CT molecular complexity index is 1020. The quantitative estimate of drug-likeness (QED) is 0.622. The molecule has 33 heavy (non-hydrogen) atoms. The van der Waals surface area contributed by atoms with Gasteiger partial charge in [-0.1, -0.05) is 19.9 Å². The van der Waals surface area contributed by atoms with Crippen LogP contribution < -0.4 is 9.47 Å². The molecule has 0 aromatic heterocycles. The summed E-state index contributed by atoms with van der Waals surface area (Å²) in [6, 6.07) is 10.5. The van der Waals surface area contributed by atoms with Gasteiger partial charge in [-0.05, 0) is 74.6 Å². The number of aromatic carboxylic acids is 1. The van der Waals surface area contributed by atoms with Crippen LogP contribution in [0.3, 0.4) is 0 Å². The summed E-state index contributed by atoms with van der Waals surface area (Å²) in [5.74, 6) is 0.476. The van der Waals surface area contributed by atoms with Crippen LogP contribution in [0, 0.1) is 5.92 Å². The monoisotopic (exact) mass is 455 g/mol. The minimum Gasteiger partial charge on any atom is -0.496 e. The molecule has 1 aliphatic heterocycles.